The molecule has 2 rings (SSSR count). The lowest BCUT2D eigenvalue weighted by atomic mass is 9.86. The van der Waals surface area contributed by atoms with E-state index in [0.717, 1.165) is 64.2 Å². The fraction of sp³-hybridized carbons (Fsp3) is 0.789. The van der Waals surface area contributed by atoms with E-state index < -0.39 is 28.3 Å². The van der Waals surface area contributed by atoms with Crippen LogP contribution in [0.25, 0.3) is 0 Å². The summed E-state index contributed by atoms with van der Waals surface area (Å²) in [7, 11) is -6.35. The van der Waals surface area contributed by atoms with E-state index in [0.29, 0.717) is 0 Å². The molecule has 0 aliphatic heterocycles. The van der Waals surface area contributed by atoms with Crippen LogP contribution < -0.4 is 0 Å². The monoisotopic (exact) mass is 380 g/mol. The van der Waals surface area contributed by atoms with Crippen molar-refractivity contribution in [2.45, 2.75) is 94.2 Å². The molecule has 2 aliphatic carbocycles. The van der Waals surface area contributed by atoms with Crippen molar-refractivity contribution < 1.29 is 18.4 Å². The fourth-order valence-electron chi connectivity index (χ4n) is 4.32. The molecule has 0 aromatic rings. The summed E-state index contributed by atoms with van der Waals surface area (Å²) in [6.07, 6.45) is 20.9. The first kappa shape index (κ1) is 20.7. The van der Waals surface area contributed by atoms with Crippen LogP contribution in [0.15, 0.2) is 0 Å². The Kier molecular flexibility index (Phi) is 6.59. The molecule has 2 unspecified atom stereocenters. The van der Waals surface area contributed by atoms with Crippen molar-refractivity contribution in [1.82, 2.24) is 0 Å². The smallest absolute Gasteiger partial charge is 0.335 e. The second kappa shape index (κ2) is 7.96. The molecule has 0 amide bonds. The van der Waals surface area contributed by atoms with Gasteiger partial charge in [-0.2, -0.15) is 0 Å². The maximum Gasteiger partial charge on any atom is 0.335 e. The zero-order valence-electron chi connectivity index (χ0n) is 15.6. The molecule has 2 N–H and O–H groups in total. The summed E-state index contributed by atoms with van der Waals surface area (Å²) in [6.45, 7) is 3.41. The number of hydrogen-bond donors (Lipinski definition) is 2. The molecule has 4 nitrogen and oxygen atoms in total. The molecule has 2 fully saturated rings. The molecule has 0 aromatic heterocycles. The minimum atomic E-state index is -3.17. The van der Waals surface area contributed by atoms with Crippen LogP contribution in [0, 0.1) is 24.7 Å². The minimum Gasteiger partial charge on any atom is -0.411 e. The Bertz CT molecular complexity index is 485. The van der Waals surface area contributed by atoms with E-state index in [2.05, 4.69) is 11.8 Å². The molecular formula is C19H32O4Si2. The van der Waals surface area contributed by atoms with Gasteiger partial charge in [0, 0.05) is 5.67 Å². The van der Waals surface area contributed by atoms with Crippen molar-refractivity contribution in [2.75, 3.05) is 0 Å². The van der Waals surface area contributed by atoms with Crippen LogP contribution in [0.2, 0.25) is 18.8 Å². The Hall–Kier alpha value is -0.606. The zero-order chi connectivity index (χ0) is 18.6. The van der Waals surface area contributed by atoms with Gasteiger partial charge in [0.1, 0.15) is 11.2 Å². The van der Waals surface area contributed by atoms with E-state index in [4.69, 9.17) is 21.7 Å². The first-order valence-corrected chi connectivity index (χ1v) is 14.6. The predicted molar refractivity (Wildman–Crippen MR) is 104 cm³/mol. The van der Waals surface area contributed by atoms with Gasteiger partial charge in [-0.05, 0) is 64.5 Å². The van der Waals surface area contributed by atoms with Gasteiger partial charge in [-0.25, -0.2) is 0 Å². The Balaban J connectivity index is 2.04. The first-order valence-electron chi connectivity index (χ1n) is 9.46. The van der Waals surface area contributed by atoms with Gasteiger partial charge in [-0.3, -0.25) is 0 Å². The van der Waals surface area contributed by atoms with Crippen molar-refractivity contribution in [3.05, 3.63) is 0 Å². The van der Waals surface area contributed by atoms with Crippen LogP contribution in [0.3, 0.4) is 0 Å². The first-order chi connectivity index (χ1) is 11.7. The third-order valence-corrected chi connectivity index (χ3v) is 12.2. The van der Waals surface area contributed by atoms with Gasteiger partial charge in [0.15, 0.2) is 0 Å². The van der Waals surface area contributed by atoms with E-state index in [1.807, 2.05) is 0 Å². The summed E-state index contributed by atoms with van der Waals surface area (Å²) in [5.41, 5.74) is -1.22. The maximum atomic E-state index is 10.9. The van der Waals surface area contributed by atoms with Crippen LogP contribution in [-0.2, 0) is 8.85 Å². The van der Waals surface area contributed by atoms with Crippen molar-refractivity contribution in [3.63, 3.8) is 0 Å². The summed E-state index contributed by atoms with van der Waals surface area (Å²) in [4.78, 5) is 21.9. The molecule has 25 heavy (non-hydrogen) atoms. The molecule has 6 heteroatoms. The largest absolute Gasteiger partial charge is 0.411 e. The lowest BCUT2D eigenvalue weighted by Gasteiger charge is -2.42. The molecule has 0 radical (unpaired) electrons. The molecule has 0 saturated heterocycles. The SMILES string of the molecule is C#CC1(O[Si](C)(O)C[Si](C)(O)OC2(C#C)CCCCC2)CCCCC1. The van der Waals surface area contributed by atoms with E-state index in [1.165, 1.54) is 0 Å². The van der Waals surface area contributed by atoms with E-state index in [9.17, 15) is 9.59 Å². The molecule has 140 valence electrons. The van der Waals surface area contributed by atoms with E-state index >= 15 is 0 Å². The lowest BCUT2D eigenvalue weighted by Crippen LogP contribution is -2.56. The number of terminal acetylenes is 2. The quantitative estimate of drug-likeness (QED) is 0.548. The molecule has 2 aliphatic rings. The van der Waals surface area contributed by atoms with Crippen LogP contribution in [0.1, 0.15) is 64.2 Å². The summed E-state index contributed by atoms with van der Waals surface area (Å²) in [5.74, 6) is 5.54. The maximum absolute atomic E-state index is 10.9. The second-order valence-corrected chi connectivity index (χ2v) is 14.7. The van der Waals surface area contributed by atoms with Crippen molar-refractivity contribution >= 4 is 17.1 Å². The topological polar surface area (TPSA) is 58.9 Å². The summed E-state index contributed by atoms with van der Waals surface area (Å²) in [5, 5.41) is 0. The van der Waals surface area contributed by atoms with Crippen LogP contribution in [0.4, 0.5) is 0 Å². The van der Waals surface area contributed by atoms with Gasteiger partial charge >= 0.3 is 17.1 Å². The van der Waals surface area contributed by atoms with Crippen LogP contribution >= 0.6 is 0 Å². The standard InChI is InChI=1S/C19H32O4Si2/c1-5-18(13-9-7-10-14-18)22-24(3,20)17-25(4,21)23-19(6-2)15-11-8-12-16-19/h1-2,20-21H,7-17H2,3-4H3. The molecule has 0 heterocycles. The Morgan fingerprint density at radius 2 is 1.08 bits per heavy atom. The lowest BCUT2D eigenvalue weighted by molar-refractivity contribution is 0.0427. The fourth-order valence-corrected chi connectivity index (χ4v) is 12.0. The highest BCUT2D eigenvalue weighted by Crippen LogP contribution is 2.37. The Labute approximate surface area is 154 Å². The summed E-state index contributed by atoms with van der Waals surface area (Å²) >= 11 is 0. The van der Waals surface area contributed by atoms with Gasteiger partial charge in [0.25, 0.3) is 0 Å². The van der Waals surface area contributed by atoms with E-state index in [-0.39, 0.29) is 5.67 Å². The third-order valence-electron chi connectivity index (χ3n) is 5.34. The van der Waals surface area contributed by atoms with Gasteiger partial charge in [-0.1, -0.05) is 24.7 Å². The van der Waals surface area contributed by atoms with E-state index in [1.54, 1.807) is 13.1 Å². The summed E-state index contributed by atoms with van der Waals surface area (Å²) < 4.78 is 12.2. The highest BCUT2D eigenvalue weighted by Gasteiger charge is 2.49. The second-order valence-electron chi connectivity index (χ2n) is 8.13. The van der Waals surface area contributed by atoms with Crippen molar-refractivity contribution in [1.29, 1.82) is 0 Å². The zero-order valence-corrected chi connectivity index (χ0v) is 17.6. The minimum absolute atomic E-state index is 0.160. The number of rotatable bonds is 6. The van der Waals surface area contributed by atoms with Crippen molar-refractivity contribution in [2.24, 2.45) is 0 Å². The van der Waals surface area contributed by atoms with Gasteiger partial charge in [0.05, 0.1) is 0 Å². The Morgan fingerprint density at radius 1 is 0.760 bits per heavy atom. The van der Waals surface area contributed by atoms with Crippen LogP contribution in [0.5, 0.6) is 0 Å². The molecule has 2 atom stereocenters. The average Bonchev–Trinajstić information content (AvgIpc) is 2.54. The predicted octanol–water partition coefficient (Wildman–Crippen LogP) is 3.36. The summed E-state index contributed by atoms with van der Waals surface area (Å²) in [6, 6.07) is 0. The number of hydrogen-bond acceptors (Lipinski definition) is 4. The highest BCUT2D eigenvalue weighted by atomic mass is 28.4. The van der Waals surface area contributed by atoms with Gasteiger partial charge in [0.2, 0.25) is 0 Å². The third kappa shape index (κ3) is 5.69. The molecule has 0 spiro atoms. The van der Waals surface area contributed by atoms with Crippen LogP contribution in [-0.4, -0.2) is 37.9 Å². The molecule has 0 aromatic carbocycles. The molecule has 2 saturated carbocycles. The average molecular weight is 381 g/mol. The van der Waals surface area contributed by atoms with Gasteiger partial charge < -0.3 is 18.4 Å². The van der Waals surface area contributed by atoms with Crippen molar-refractivity contribution in [3.8, 4) is 24.7 Å². The molecular weight excluding hydrogens is 348 g/mol. The highest BCUT2D eigenvalue weighted by molar-refractivity contribution is 6.83. The Morgan fingerprint density at radius 3 is 1.36 bits per heavy atom. The molecule has 0 bridgehead atoms. The normalized spacial score (nSPS) is 27.3. The van der Waals surface area contributed by atoms with Gasteiger partial charge in [-0.15, -0.1) is 12.8 Å².